The van der Waals surface area contributed by atoms with Crippen LogP contribution in [0.25, 0.3) is 0 Å². The lowest BCUT2D eigenvalue weighted by Crippen LogP contribution is -2.16. The van der Waals surface area contributed by atoms with Gasteiger partial charge in [0.2, 0.25) is 0 Å². The zero-order valence-corrected chi connectivity index (χ0v) is 8.19. The molecule has 0 radical (unpaired) electrons. The molecule has 0 heterocycles. The molecule has 1 saturated carbocycles. The molecule has 0 amide bonds. The third-order valence-corrected chi connectivity index (χ3v) is 2.50. The van der Waals surface area contributed by atoms with Crippen molar-refractivity contribution in [3.63, 3.8) is 0 Å². The van der Waals surface area contributed by atoms with Crippen molar-refractivity contribution in [1.29, 1.82) is 0 Å². The zero-order valence-electron chi connectivity index (χ0n) is 8.19. The number of hydrogen-bond donors (Lipinski definition) is 1. The molecule has 1 aliphatic rings. The summed E-state index contributed by atoms with van der Waals surface area (Å²) in [6, 6.07) is 2.05. The number of benzene rings is 1. The maximum Gasteiger partial charge on any atom is 0.194 e. The van der Waals surface area contributed by atoms with Gasteiger partial charge in [0, 0.05) is 6.54 Å². The van der Waals surface area contributed by atoms with Gasteiger partial charge in [0.1, 0.15) is 0 Å². The lowest BCUT2D eigenvalue weighted by molar-refractivity contribution is 0.444. The Morgan fingerprint density at radius 2 is 1.73 bits per heavy atom. The summed E-state index contributed by atoms with van der Waals surface area (Å²) in [6.07, 6.45) is 2.44. The van der Waals surface area contributed by atoms with E-state index in [1.165, 1.54) is 12.8 Å². The Bertz CT molecular complexity index is 338. The van der Waals surface area contributed by atoms with Gasteiger partial charge in [0.15, 0.2) is 17.5 Å². The Balaban J connectivity index is 1.94. The highest BCUT2D eigenvalue weighted by molar-refractivity contribution is 5.19. The van der Waals surface area contributed by atoms with Crippen LogP contribution >= 0.6 is 0 Å². The minimum Gasteiger partial charge on any atom is -0.312 e. The molecular weight excluding hydrogens is 203 g/mol. The van der Waals surface area contributed by atoms with Crippen LogP contribution in [0.3, 0.4) is 0 Å². The standard InChI is InChI=1S/C11H12F3N/c12-9-3-8(4-10(13)11(9)14)6-15-5-7-1-2-7/h3-4,7,15H,1-2,5-6H2. The SMILES string of the molecule is Fc1cc(CNCC2CC2)cc(F)c1F. The van der Waals surface area contributed by atoms with E-state index in [0.717, 1.165) is 18.7 Å². The quantitative estimate of drug-likeness (QED) is 0.761. The summed E-state index contributed by atoms with van der Waals surface area (Å²) in [4.78, 5) is 0. The number of hydrogen-bond acceptors (Lipinski definition) is 1. The average molecular weight is 215 g/mol. The average Bonchev–Trinajstić information content (AvgIpc) is 2.98. The molecule has 15 heavy (non-hydrogen) atoms. The number of halogens is 3. The van der Waals surface area contributed by atoms with Crippen LogP contribution in [-0.2, 0) is 6.54 Å². The van der Waals surface area contributed by atoms with Crippen LogP contribution < -0.4 is 5.32 Å². The van der Waals surface area contributed by atoms with Gasteiger partial charge >= 0.3 is 0 Å². The Morgan fingerprint density at radius 1 is 1.13 bits per heavy atom. The Hall–Kier alpha value is -1.03. The van der Waals surface area contributed by atoms with Gasteiger partial charge in [-0.1, -0.05) is 0 Å². The number of nitrogens with one attached hydrogen (secondary N) is 1. The molecule has 82 valence electrons. The first-order valence-corrected chi connectivity index (χ1v) is 5.01. The van der Waals surface area contributed by atoms with Crippen molar-refractivity contribution in [2.45, 2.75) is 19.4 Å². The summed E-state index contributed by atoms with van der Waals surface area (Å²) in [5.74, 6) is -2.95. The van der Waals surface area contributed by atoms with Crippen molar-refractivity contribution < 1.29 is 13.2 Å². The summed E-state index contributed by atoms with van der Waals surface area (Å²) >= 11 is 0. The van der Waals surface area contributed by atoms with Gasteiger partial charge in [0.05, 0.1) is 0 Å². The van der Waals surface area contributed by atoms with Gasteiger partial charge in [-0.25, -0.2) is 13.2 Å². The molecule has 1 aliphatic carbocycles. The third-order valence-electron chi connectivity index (χ3n) is 2.50. The summed E-state index contributed by atoms with van der Waals surface area (Å²) < 4.78 is 38.2. The fourth-order valence-electron chi connectivity index (χ4n) is 1.45. The molecule has 1 aromatic rings. The van der Waals surface area contributed by atoms with Gasteiger partial charge in [-0.2, -0.15) is 0 Å². The predicted molar refractivity (Wildman–Crippen MR) is 50.7 cm³/mol. The normalized spacial score (nSPS) is 15.7. The van der Waals surface area contributed by atoms with Crippen molar-refractivity contribution in [2.75, 3.05) is 6.54 Å². The van der Waals surface area contributed by atoms with E-state index in [0.29, 0.717) is 18.0 Å². The van der Waals surface area contributed by atoms with Crippen LogP contribution in [0.4, 0.5) is 13.2 Å². The molecule has 0 unspecified atom stereocenters. The predicted octanol–water partition coefficient (Wildman–Crippen LogP) is 2.60. The molecule has 1 N–H and O–H groups in total. The van der Waals surface area contributed by atoms with E-state index in [1.807, 2.05) is 0 Å². The third kappa shape index (κ3) is 2.72. The van der Waals surface area contributed by atoms with Crippen molar-refractivity contribution in [3.8, 4) is 0 Å². The molecule has 0 saturated heterocycles. The van der Waals surface area contributed by atoms with E-state index < -0.39 is 17.5 Å². The molecule has 0 aliphatic heterocycles. The van der Waals surface area contributed by atoms with Gasteiger partial charge in [-0.05, 0) is 43.0 Å². The molecule has 0 bridgehead atoms. The lowest BCUT2D eigenvalue weighted by Gasteiger charge is -2.04. The molecule has 0 spiro atoms. The second kappa shape index (κ2) is 4.23. The van der Waals surface area contributed by atoms with Crippen molar-refractivity contribution in [3.05, 3.63) is 35.1 Å². The van der Waals surface area contributed by atoms with Crippen LogP contribution in [0.15, 0.2) is 12.1 Å². The minimum absolute atomic E-state index is 0.380. The van der Waals surface area contributed by atoms with E-state index in [-0.39, 0.29) is 0 Å². The van der Waals surface area contributed by atoms with Crippen LogP contribution in [0, 0.1) is 23.4 Å². The van der Waals surface area contributed by atoms with E-state index in [4.69, 9.17) is 0 Å². The van der Waals surface area contributed by atoms with Crippen LogP contribution in [0.5, 0.6) is 0 Å². The highest BCUT2D eigenvalue weighted by Gasteiger charge is 2.20. The molecule has 0 aromatic heterocycles. The summed E-state index contributed by atoms with van der Waals surface area (Å²) in [5.41, 5.74) is 0.437. The molecule has 0 atom stereocenters. The highest BCUT2D eigenvalue weighted by atomic mass is 19.2. The topological polar surface area (TPSA) is 12.0 Å². The molecule has 1 aromatic carbocycles. The largest absolute Gasteiger partial charge is 0.312 e. The van der Waals surface area contributed by atoms with Gasteiger partial charge in [-0.15, -0.1) is 0 Å². The molecule has 2 rings (SSSR count). The second-order valence-electron chi connectivity index (χ2n) is 3.95. The summed E-state index contributed by atoms with van der Waals surface area (Å²) in [6.45, 7) is 1.24. The van der Waals surface area contributed by atoms with Gasteiger partial charge in [-0.3, -0.25) is 0 Å². The van der Waals surface area contributed by atoms with Crippen LogP contribution in [0.2, 0.25) is 0 Å². The molecular formula is C11H12F3N. The molecule has 1 nitrogen and oxygen atoms in total. The first kappa shape index (κ1) is 10.5. The smallest absolute Gasteiger partial charge is 0.194 e. The lowest BCUT2D eigenvalue weighted by atomic mass is 10.2. The fraction of sp³-hybridized carbons (Fsp3) is 0.455. The van der Waals surface area contributed by atoms with Gasteiger partial charge < -0.3 is 5.32 Å². The van der Waals surface area contributed by atoms with Gasteiger partial charge in [0.25, 0.3) is 0 Å². The van der Waals surface area contributed by atoms with E-state index >= 15 is 0 Å². The fourth-order valence-corrected chi connectivity index (χ4v) is 1.45. The number of rotatable bonds is 4. The maximum atomic E-state index is 12.8. The first-order valence-electron chi connectivity index (χ1n) is 5.01. The Morgan fingerprint density at radius 3 is 2.27 bits per heavy atom. The van der Waals surface area contributed by atoms with Crippen molar-refractivity contribution in [2.24, 2.45) is 5.92 Å². The van der Waals surface area contributed by atoms with E-state index in [1.54, 1.807) is 0 Å². The minimum atomic E-state index is -1.40. The van der Waals surface area contributed by atoms with Crippen LogP contribution in [-0.4, -0.2) is 6.54 Å². The highest BCUT2D eigenvalue weighted by Crippen LogP contribution is 2.27. The first-order chi connectivity index (χ1) is 7.16. The Labute approximate surface area is 86.3 Å². The van der Waals surface area contributed by atoms with Crippen molar-refractivity contribution >= 4 is 0 Å². The van der Waals surface area contributed by atoms with Crippen molar-refractivity contribution in [1.82, 2.24) is 5.32 Å². The van der Waals surface area contributed by atoms with E-state index in [2.05, 4.69) is 5.32 Å². The molecule has 1 fully saturated rings. The van der Waals surface area contributed by atoms with Crippen LogP contribution in [0.1, 0.15) is 18.4 Å². The zero-order chi connectivity index (χ0) is 10.8. The van der Waals surface area contributed by atoms with E-state index in [9.17, 15) is 13.2 Å². The summed E-state index contributed by atoms with van der Waals surface area (Å²) in [5, 5.41) is 3.08. The maximum absolute atomic E-state index is 12.8. The monoisotopic (exact) mass is 215 g/mol. The Kier molecular flexibility index (Phi) is 2.95. The second-order valence-corrected chi connectivity index (χ2v) is 3.95. The summed E-state index contributed by atoms with van der Waals surface area (Å²) in [7, 11) is 0. The molecule has 4 heteroatoms.